The van der Waals surface area contributed by atoms with Gasteiger partial charge in [0.2, 0.25) is 5.91 Å². The molecule has 11 heteroatoms. The van der Waals surface area contributed by atoms with Crippen LogP contribution in [0.1, 0.15) is 19.8 Å². The lowest BCUT2D eigenvalue weighted by Crippen LogP contribution is -2.44. The normalized spacial score (nSPS) is 12.7. The van der Waals surface area contributed by atoms with Crippen molar-refractivity contribution < 1.29 is 27.5 Å². The third-order valence-electron chi connectivity index (χ3n) is 3.31. The third-order valence-corrected chi connectivity index (χ3v) is 3.31. The van der Waals surface area contributed by atoms with E-state index >= 15 is 0 Å². The van der Waals surface area contributed by atoms with E-state index in [4.69, 9.17) is 5.73 Å². The summed E-state index contributed by atoms with van der Waals surface area (Å²) in [6.07, 6.45) is -2.16. The summed E-state index contributed by atoms with van der Waals surface area (Å²) in [5, 5.41) is 6.82. The van der Waals surface area contributed by atoms with Gasteiger partial charge in [0.15, 0.2) is 0 Å². The Morgan fingerprint density at radius 1 is 1.38 bits per heavy atom. The zero-order valence-corrected chi connectivity index (χ0v) is 13.8. The molecule has 1 heterocycles. The van der Waals surface area contributed by atoms with Gasteiger partial charge in [0.05, 0.1) is 24.3 Å². The van der Waals surface area contributed by atoms with Crippen LogP contribution in [0.25, 0.3) is 10.9 Å². The van der Waals surface area contributed by atoms with E-state index in [9.17, 15) is 22.8 Å². The zero-order chi connectivity index (χ0) is 19.3. The predicted octanol–water partition coefficient (Wildman–Crippen LogP) is 1.25. The molecule has 2 aromatic rings. The van der Waals surface area contributed by atoms with Gasteiger partial charge in [-0.05, 0) is 18.6 Å². The molecule has 8 nitrogen and oxygen atoms in total. The first-order valence-corrected chi connectivity index (χ1v) is 7.76. The SMILES string of the molecule is CCC[C@H](N)C(=O)NCC(=O)Nn1cc2ccc(OC(F)(F)F)cc2n1. The minimum atomic E-state index is -4.80. The fourth-order valence-corrected chi connectivity index (χ4v) is 2.16. The van der Waals surface area contributed by atoms with Crippen molar-refractivity contribution in [2.45, 2.75) is 32.2 Å². The van der Waals surface area contributed by atoms with Gasteiger partial charge in [0.1, 0.15) is 5.75 Å². The summed E-state index contributed by atoms with van der Waals surface area (Å²) in [7, 11) is 0. The van der Waals surface area contributed by atoms with Crippen molar-refractivity contribution in [2.24, 2.45) is 5.73 Å². The number of alkyl halides is 3. The quantitative estimate of drug-likeness (QED) is 0.676. The Balaban J connectivity index is 1.95. The second-order valence-corrected chi connectivity index (χ2v) is 5.49. The Morgan fingerprint density at radius 3 is 2.77 bits per heavy atom. The van der Waals surface area contributed by atoms with Crippen molar-refractivity contribution in [3.8, 4) is 5.75 Å². The fourth-order valence-electron chi connectivity index (χ4n) is 2.16. The van der Waals surface area contributed by atoms with Gasteiger partial charge in [-0.1, -0.05) is 13.3 Å². The maximum absolute atomic E-state index is 12.2. The van der Waals surface area contributed by atoms with Gasteiger partial charge in [-0.3, -0.25) is 9.59 Å². The highest BCUT2D eigenvalue weighted by molar-refractivity contribution is 5.91. The lowest BCUT2D eigenvalue weighted by molar-refractivity contribution is -0.274. The molecule has 0 aliphatic rings. The Kier molecular flexibility index (Phi) is 6.03. The molecule has 0 saturated heterocycles. The van der Waals surface area contributed by atoms with Crippen molar-refractivity contribution in [3.05, 3.63) is 24.4 Å². The van der Waals surface area contributed by atoms with Crippen molar-refractivity contribution in [1.82, 2.24) is 15.2 Å². The molecule has 1 atom stereocenters. The van der Waals surface area contributed by atoms with Crippen LogP contribution in [-0.2, 0) is 9.59 Å². The molecule has 0 radical (unpaired) electrons. The highest BCUT2D eigenvalue weighted by Gasteiger charge is 2.31. The van der Waals surface area contributed by atoms with E-state index in [0.29, 0.717) is 11.8 Å². The molecule has 2 amide bonds. The molecule has 2 rings (SSSR count). The van der Waals surface area contributed by atoms with Crippen LogP contribution in [0.3, 0.4) is 0 Å². The van der Waals surface area contributed by atoms with E-state index in [1.165, 1.54) is 12.3 Å². The third kappa shape index (κ3) is 5.62. The minimum absolute atomic E-state index is 0.195. The van der Waals surface area contributed by atoms with Crippen molar-refractivity contribution in [3.63, 3.8) is 0 Å². The van der Waals surface area contributed by atoms with Crippen LogP contribution in [0.4, 0.5) is 13.2 Å². The number of carbonyl (C=O) groups excluding carboxylic acids is 2. The Labute approximate surface area is 146 Å². The van der Waals surface area contributed by atoms with Gasteiger partial charge >= 0.3 is 6.36 Å². The van der Waals surface area contributed by atoms with Crippen LogP contribution in [0.15, 0.2) is 24.4 Å². The molecule has 0 saturated carbocycles. The maximum Gasteiger partial charge on any atom is 0.573 e. The molecular formula is C15H18F3N5O3. The van der Waals surface area contributed by atoms with Crippen LogP contribution in [0.2, 0.25) is 0 Å². The van der Waals surface area contributed by atoms with Crippen LogP contribution in [-0.4, -0.2) is 40.7 Å². The second-order valence-electron chi connectivity index (χ2n) is 5.49. The highest BCUT2D eigenvalue weighted by atomic mass is 19.4. The second kappa shape index (κ2) is 8.04. The van der Waals surface area contributed by atoms with E-state index in [1.54, 1.807) is 0 Å². The summed E-state index contributed by atoms with van der Waals surface area (Å²) >= 11 is 0. The number of rotatable bonds is 7. The lowest BCUT2D eigenvalue weighted by Gasteiger charge is -2.11. The molecule has 0 spiro atoms. The summed E-state index contributed by atoms with van der Waals surface area (Å²) < 4.78 is 40.5. The Hall–Kier alpha value is -2.82. The number of nitrogens with zero attached hydrogens (tertiary/aromatic N) is 2. The molecule has 4 N–H and O–H groups in total. The van der Waals surface area contributed by atoms with Gasteiger partial charge in [0.25, 0.3) is 5.91 Å². The Morgan fingerprint density at radius 2 is 2.12 bits per heavy atom. The van der Waals surface area contributed by atoms with Crippen LogP contribution in [0.5, 0.6) is 5.75 Å². The number of halogens is 3. The maximum atomic E-state index is 12.2. The molecule has 142 valence electrons. The molecule has 1 aromatic carbocycles. The first-order chi connectivity index (χ1) is 12.2. The number of amides is 2. The van der Waals surface area contributed by atoms with E-state index in [-0.39, 0.29) is 12.1 Å². The Bertz CT molecular complexity index is 790. The molecule has 0 aliphatic carbocycles. The van der Waals surface area contributed by atoms with Gasteiger partial charge in [-0.15, -0.1) is 13.2 Å². The topological polar surface area (TPSA) is 111 Å². The van der Waals surface area contributed by atoms with Gasteiger partial charge in [0, 0.05) is 11.5 Å². The smallest absolute Gasteiger partial charge is 0.406 e. The number of aromatic nitrogens is 2. The molecule has 1 aromatic heterocycles. The van der Waals surface area contributed by atoms with Crippen molar-refractivity contribution >= 4 is 22.7 Å². The number of fused-ring (bicyclic) bond motifs is 1. The summed E-state index contributed by atoms with van der Waals surface area (Å²) in [6.45, 7) is 1.57. The van der Waals surface area contributed by atoms with E-state index in [0.717, 1.165) is 23.3 Å². The fraction of sp³-hybridized carbons (Fsp3) is 0.400. The van der Waals surface area contributed by atoms with E-state index in [2.05, 4.69) is 20.6 Å². The van der Waals surface area contributed by atoms with Crippen LogP contribution < -0.4 is 21.2 Å². The van der Waals surface area contributed by atoms with Gasteiger partial charge in [-0.25, -0.2) is 5.43 Å². The zero-order valence-electron chi connectivity index (χ0n) is 13.8. The largest absolute Gasteiger partial charge is 0.573 e. The average molecular weight is 373 g/mol. The average Bonchev–Trinajstić information content (AvgIpc) is 2.92. The summed E-state index contributed by atoms with van der Waals surface area (Å²) in [4.78, 5) is 24.5. The van der Waals surface area contributed by atoms with Crippen LogP contribution in [0, 0.1) is 0 Å². The number of hydrogen-bond donors (Lipinski definition) is 3. The standard InChI is InChI=1S/C15H18F3N5O3/c1-2-3-11(19)14(25)20-7-13(24)22-23-8-9-4-5-10(6-12(9)21-23)26-15(16,17)18/h4-6,8,11H,2-3,7,19H2,1H3,(H,20,25)(H,22,24)/t11-/m0/s1. The first kappa shape index (κ1) is 19.5. The summed E-state index contributed by atoms with van der Waals surface area (Å²) in [5.41, 5.74) is 8.19. The van der Waals surface area contributed by atoms with Gasteiger partial charge in [-0.2, -0.15) is 9.89 Å². The van der Waals surface area contributed by atoms with E-state index in [1.807, 2.05) is 6.92 Å². The molecule has 0 fully saturated rings. The molecular weight excluding hydrogens is 355 g/mol. The monoisotopic (exact) mass is 373 g/mol. The lowest BCUT2D eigenvalue weighted by atomic mass is 10.2. The van der Waals surface area contributed by atoms with Crippen molar-refractivity contribution in [2.75, 3.05) is 12.0 Å². The summed E-state index contributed by atoms with van der Waals surface area (Å²) in [5.74, 6) is -1.43. The summed E-state index contributed by atoms with van der Waals surface area (Å²) in [6, 6.07) is 2.92. The number of benzene rings is 1. The molecule has 0 bridgehead atoms. The van der Waals surface area contributed by atoms with Gasteiger partial charge < -0.3 is 15.8 Å². The van der Waals surface area contributed by atoms with E-state index < -0.39 is 30.0 Å². The number of ether oxygens (including phenoxy) is 1. The van der Waals surface area contributed by atoms with Crippen LogP contribution >= 0.6 is 0 Å². The first-order valence-electron chi connectivity index (χ1n) is 7.76. The van der Waals surface area contributed by atoms with Crippen molar-refractivity contribution in [1.29, 1.82) is 0 Å². The number of nitrogens with two attached hydrogens (primary N) is 1. The number of carbonyl (C=O) groups is 2. The molecule has 26 heavy (non-hydrogen) atoms. The minimum Gasteiger partial charge on any atom is -0.406 e. The molecule has 0 unspecified atom stereocenters. The number of hydrogen-bond acceptors (Lipinski definition) is 5. The molecule has 0 aliphatic heterocycles. The highest BCUT2D eigenvalue weighted by Crippen LogP contribution is 2.25. The predicted molar refractivity (Wildman–Crippen MR) is 86.7 cm³/mol. The number of nitrogens with one attached hydrogen (secondary N) is 2.